The van der Waals surface area contributed by atoms with E-state index >= 15 is 0 Å². The summed E-state index contributed by atoms with van der Waals surface area (Å²) < 4.78 is 0.383. The summed E-state index contributed by atoms with van der Waals surface area (Å²) in [6, 6.07) is 5.36. The molecule has 1 saturated carbocycles. The van der Waals surface area contributed by atoms with Crippen molar-refractivity contribution in [1.29, 1.82) is 0 Å². The fourth-order valence-electron chi connectivity index (χ4n) is 4.71. The summed E-state index contributed by atoms with van der Waals surface area (Å²) in [6.07, 6.45) is 14.9. The lowest BCUT2D eigenvalue weighted by atomic mass is 9.72. The third-order valence-electron chi connectivity index (χ3n) is 6.25. The molecule has 0 bridgehead atoms. The lowest BCUT2D eigenvalue weighted by molar-refractivity contribution is 0.262. The highest BCUT2D eigenvalue weighted by Gasteiger charge is 2.29. The quantitative estimate of drug-likeness (QED) is 0.510. The van der Waals surface area contributed by atoms with Crippen molar-refractivity contribution in [3.63, 3.8) is 0 Å². The maximum absolute atomic E-state index is 12.8. The van der Waals surface area contributed by atoms with E-state index in [4.69, 9.17) is 35.4 Å². The summed E-state index contributed by atoms with van der Waals surface area (Å²) in [5.41, 5.74) is 2.39. The van der Waals surface area contributed by atoms with Crippen molar-refractivity contribution in [3.05, 3.63) is 84.5 Å². The van der Waals surface area contributed by atoms with Crippen LogP contribution in [0, 0.1) is 16.6 Å². The molecule has 0 amide bonds. The molecule has 6 heteroatoms. The second kappa shape index (κ2) is 9.03. The molecule has 0 spiro atoms. The minimum absolute atomic E-state index is 0.137. The van der Waals surface area contributed by atoms with Gasteiger partial charge < -0.3 is 4.98 Å². The number of aromatic amines is 2. The highest BCUT2D eigenvalue weighted by atomic mass is 35.5. The molecule has 2 aromatic rings. The predicted octanol–water partition coefficient (Wildman–Crippen LogP) is 6.74. The Bertz CT molecular complexity index is 1060. The smallest absolute Gasteiger partial charge is 0.255 e. The second-order valence-electron chi connectivity index (χ2n) is 8.04. The lowest BCUT2D eigenvalue weighted by Crippen LogP contribution is -2.25. The first-order chi connectivity index (χ1) is 14.0. The molecule has 0 radical (unpaired) electrons. The van der Waals surface area contributed by atoms with Crippen LogP contribution in [0.2, 0.25) is 10.0 Å². The molecule has 0 aliphatic heterocycles. The Morgan fingerprint density at radius 1 is 1.07 bits per heavy atom. The average Bonchev–Trinajstić information content (AvgIpc) is 2.73. The molecule has 2 aliphatic rings. The van der Waals surface area contributed by atoms with E-state index in [1.165, 1.54) is 0 Å². The molecule has 152 valence electrons. The van der Waals surface area contributed by atoms with E-state index in [0.717, 1.165) is 43.4 Å². The van der Waals surface area contributed by atoms with E-state index < -0.39 is 0 Å². The Kier molecular flexibility index (Phi) is 6.43. The lowest BCUT2D eigenvalue weighted by Gasteiger charge is -2.33. The van der Waals surface area contributed by atoms with Crippen LogP contribution in [0.15, 0.2) is 47.3 Å². The maximum Gasteiger partial charge on any atom is 0.255 e. The van der Waals surface area contributed by atoms with Crippen molar-refractivity contribution in [2.75, 3.05) is 0 Å². The normalized spacial score (nSPS) is 24.0. The van der Waals surface area contributed by atoms with E-state index in [9.17, 15) is 4.79 Å². The van der Waals surface area contributed by atoms with Gasteiger partial charge in [0, 0.05) is 27.7 Å². The number of halogens is 2. The van der Waals surface area contributed by atoms with Gasteiger partial charge in [-0.15, -0.1) is 0 Å². The molecule has 1 aromatic heterocycles. The monoisotopic (exact) mass is 446 g/mol. The number of aromatic nitrogens is 2. The molecule has 2 aliphatic carbocycles. The van der Waals surface area contributed by atoms with Crippen molar-refractivity contribution in [3.8, 4) is 0 Å². The Morgan fingerprint density at radius 2 is 1.86 bits per heavy atom. The van der Waals surface area contributed by atoms with Crippen molar-refractivity contribution >= 4 is 35.4 Å². The predicted molar refractivity (Wildman–Crippen MR) is 123 cm³/mol. The summed E-state index contributed by atoms with van der Waals surface area (Å²) >= 11 is 17.8. The Hall–Kier alpha value is -1.62. The summed E-state index contributed by atoms with van der Waals surface area (Å²) in [5.74, 6) is 1.66. The Balaban J connectivity index is 1.58. The van der Waals surface area contributed by atoms with E-state index in [1.807, 2.05) is 6.07 Å². The molecule has 4 rings (SSSR count). The van der Waals surface area contributed by atoms with Crippen LogP contribution in [0.4, 0.5) is 0 Å². The zero-order valence-electron chi connectivity index (χ0n) is 16.1. The summed E-state index contributed by atoms with van der Waals surface area (Å²) in [5, 5.41) is 1.23. The van der Waals surface area contributed by atoms with Crippen LogP contribution >= 0.6 is 35.4 Å². The minimum Gasteiger partial charge on any atom is -0.335 e. The molecule has 29 heavy (non-hydrogen) atoms. The molecule has 1 unspecified atom stereocenters. The van der Waals surface area contributed by atoms with Gasteiger partial charge in [0.15, 0.2) is 4.77 Å². The van der Waals surface area contributed by atoms with Gasteiger partial charge in [0.1, 0.15) is 0 Å². The van der Waals surface area contributed by atoms with Crippen LogP contribution < -0.4 is 5.56 Å². The van der Waals surface area contributed by atoms with Crippen LogP contribution in [-0.4, -0.2) is 9.97 Å². The van der Waals surface area contributed by atoms with Crippen molar-refractivity contribution < 1.29 is 0 Å². The number of nitrogens with one attached hydrogen (secondary N) is 2. The molecule has 3 nitrogen and oxygen atoms in total. The van der Waals surface area contributed by atoms with Gasteiger partial charge in [0.25, 0.3) is 5.56 Å². The maximum atomic E-state index is 12.8. The van der Waals surface area contributed by atoms with Gasteiger partial charge in [-0.1, -0.05) is 47.5 Å². The summed E-state index contributed by atoms with van der Waals surface area (Å²) in [7, 11) is 0. The minimum atomic E-state index is -0.137. The van der Waals surface area contributed by atoms with Crippen LogP contribution in [0.5, 0.6) is 0 Å². The van der Waals surface area contributed by atoms with Gasteiger partial charge in [-0.2, -0.15) is 0 Å². The first-order valence-electron chi connectivity index (χ1n) is 10.1. The zero-order valence-corrected chi connectivity index (χ0v) is 18.4. The third-order valence-corrected chi connectivity index (χ3v) is 7.06. The molecule has 1 heterocycles. The number of allylic oxidation sites excluding steroid dienone is 4. The highest BCUT2D eigenvalue weighted by Crippen LogP contribution is 2.41. The second-order valence-corrected chi connectivity index (χ2v) is 9.29. The number of hydrogen-bond donors (Lipinski definition) is 2. The first kappa shape index (κ1) is 20.6. The van der Waals surface area contributed by atoms with Gasteiger partial charge in [0.05, 0.1) is 0 Å². The molecule has 0 saturated heterocycles. The van der Waals surface area contributed by atoms with Gasteiger partial charge >= 0.3 is 0 Å². The third kappa shape index (κ3) is 4.76. The molecule has 1 atom stereocenters. The standard InChI is InChI=1S/C23H24Cl2N2OS/c24-18-10-11-20(25)17(12-18)13-19-21(26-23(29)27-22(19)28)16-8-6-15(7-9-16)14-4-2-1-3-5-14/h1-4,10-12,14-16H,5-9,13H2,(H2,26,27,28,29)/t14?,15-,16-. The fraction of sp³-hybridized carbons (Fsp3) is 0.391. The van der Waals surface area contributed by atoms with Gasteiger partial charge in [0.2, 0.25) is 0 Å². The Morgan fingerprint density at radius 3 is 2.59 bits per heavy atom. The molecule has 1 fully saturated rings. The molecule has 2 N–H and O–H groups in total. The molecular formula is C23H24Cl2N2OS. The first-order valence-corrected chi connectivity index (χ1v) is 11.3. The molecule has 1 aromatic carbocycles. The van der Waals surface area contributed by atoms with E-state index in [0.29, 0.717) is 44.6 Å². The topological polar surface area (TPSA) is 48.6 Å². The van der Waals surface area contributed by atoms with Crippen molar-refractivity contribution in [2.45, 2.75) is 44.4 Å². The van der Waals surface area contributed by atoms with E-state index in [2.05, 4.69) is 34.3 Å². The van der Waals surface area contributed by atoms with Gasteiger partial charge in [-0.3, -0.25) is 9.78 Å². The number of rotatable bonds is 4. The van der Waals surface area contributed by atoms with Crippen molar-refractivity contribution in [1.82, 2.24) is 9.97 Å². The molecular weight excluding hydrogens is 423 g/mol. The van der Waals surface area contributed by atoms with E-state index in [1.54, 1.807) is 12.1 Å². The highest BCUT2D eigenvalue weighted by molar-refractivity contribution is 7.71. The van der Waals surface area contributed by atoms with Crippen LogP contribution in [0.1, 0.15) is 54.8 Å². The van der Waals surface area contributed by atoms with Gasteiger partial charge in [-0.05, 0) is 85.8 Å². The van der Waals surface area contributed by atoms with Crippen LogP contribution in [0.3, 0.4) is 0 Å². The van der Waals surface area contributed by atoms with Crippen LogP contribution in [0.25, 0.3) is 0 Å². The fourth-order valence-corrected chi connectivity index (χ4v) is 5.29. The number of H-pyrrole nitrogens is 2. The number of benzene rings is 1. The van der Waals surface area contributed by atoms with Gasteiger partial charge in [-0.25, -0.2) is 0 Å². The number of hydrogen-bond acceptors (Lipinski definition) is 2. The van der Waals surface area contributed by atoms with Crippen LogP contribution in [-0.2, 0) is 6.42 Å². The summed E-state index contributed by atoms with van der Waals surface area (Å²) in [4.78, 5) is 18.8. The average molecular weight is 447 g/mol. The Labute approximate surface area is 185 Å². The zero-order chi connectivity index (χ0) is 20.4. The van der Waals surface area contributed by atoms with Crippen molar-refractivity contribution in [2.24, 2.45) is 11.8 Å². The van der Waals surface area contributed by atoms with E-state index in [-0.39, 0.29) is 5.56 Å². The largest absolute Gasteiger partial charge is 0.335 e. The SMILES string of the molecule is O=c1[nH]c(=S)[nH]c([C@H]2CC[C@H](C3C=CC=CC3)CC2)c1Cc1cc(Cl)ccc1Cl. The summed E-state index contributed by atoms with van der Waals surface area (Å²) in [6.45, 7) is 0.